The van der Waals surface area contributed by atoms with Crippen LogP contribution in [0.4, 0.5) is 10.5 Å². The van der Waals surface area contributed by atoms with Crippen molar-refractivity contribution in [2.75, 3.05) is 18.0 Å². The number of rotatable bonds is 1. The lowest BCUT2D eigenvalue weighted by molar-refractivity contribution is -0.538. The molecule has 3 heteroatoms. The van der Waals surface area contributed by atoms with Crippen LogP contribution in [0.15, 0.2) is 24.3 Å². The molecule has 0 saturated carbocycles. The zero-order chi connectivity index (χ0) is 9.26. The molecule has 68 valence electrons. The Bertz CT molecular complexity index is 335. The zero-order valence-corrected chi connectivity index (χ0v) is 7.66. The average Bonchev–Trinajstić information content (AvgIpc) is 2.51. The fourth-order valence-electron chi connectivity index (χ4n) is 1.59. The molecule has 1 aliphatic rings. The summed E-state index contributed by atoms with van der Waals surface area (Å²) in [5.74, 6) is 0. The molecular formula is C10H13N2O+. The summed E-state index contributed by atoms with van der Waals surface area (Å²) >= 11 is 0. The van der Waals surface area contributed by atoms with Crippen LogP contribution in [-0.4, -0.2) is 19.1 Å². The second kappa shape index (κ2) is 3.18. The molecule has 0 aliphatic carbocycles. The fourth-order valence-corrected chi connectivity index (χ4v) is 1.59. The topological polar surface area (TPSA) is 36.9 Å². The molecule has 0 radical (unpaired) electrons. The standard InChI is InChI=1S/C10H12N2O/c1-8-3-2-4-9(7-8)12-6-5-11-10(12)13/h2-4,7H,5-6H2,1H3,(H,11,13)/p+1. The highest BCUT2D eigenvalue weighted by Crippen LogP contribution is 2.15. The summed E-state index contributed by atoms with van der Waals surface area (Å²) in [5, 5.41) is 1.74. The molecule has 0 spiro atoms. The monoisotopic (exact) mass is 177 g/mol. The number of anilines is 1. The molecule has 0 bridgehead atoms. The summed E-state index contributed by atoms with van der Waals surface area (Å²) in [6.07, 6.45) is 0. The highest BCUT2D eigenvalue weighted by atomic mass is 16.2. The molecule has 1 heterocycles. The van der Waals surface area contributed by atoms with Gasteiger partial charge in [0.1, 0.15) is 6.54 Å². The van der Waals surface area contributed by atoms with Gasteiger partial charge in [0.15, 0.2) is 0 Å². The predicted molar refractivity (Wildman–Crippen MR) is 50.7 cm³/mol. The lowest BCUT2D eigenvalue weighted by Gasteiger charge is -2.11. The number of hydrogen-bond acceptors (Lipinski definition) is 1. The van der Waals surface area contributed by atoms with Crippen molar-refractivity contribution in [2.24, 2.45) is 0 Å². The van der Waals surface area contributed by atoms with Gasteiger partial charge in [0.25, 0.3) is 0 Å². The van der Waals surface area contributed by atoms with Crippen molar-refractivity contribution in [1.82, 2.24) is 0 Å². The molecule has 2 N–H and O–H groups in total. The van der Waals surface area contributed by atoms with Crippen LogP contribution in [0, 0.1) is 6.92 Å². The van der Waals surface area contributed by atoms with Crippen LogP contribution in [-0.2, 0) is 0 Å². The molecule has 2 amide bonds. The minimum absolute atomic E-state index is 0.130. The summed E-state index contributed by atoms with van der Waals surface area (Å²) in [6.45, 7) is 3.73. The van der Waals surface area contributed by atoms with E-state index in [1.54, 1.807) is 5.32 Å². The van der Waals surface area contributed by atoms with Gasteiger partial charge in [0.05, 0.1) is 6.54 Å². The van der Waals surface area contributed by atoms with Crippen LogP contribution >= 0.6 is 0 Å². The van der Waals surface area contributed by atoms with Crippen molar-refractivity contribution in [3.8, 4) is 0 Å². The van der Waals surface area contributed by atoms with E-state index >= 15 is 0 Å². The lowest BCUT2D eigenvalue weighted by atomic mass is 10.2. The van der Waals surface area contributed by atoms with E-state index in [9.17, 15) is 4.79 Å². The summed E-state index contributed by atoms with van der Waals surface area (Å²) in [5.41, 5.74) is 2.20. The molecule has 0 aromatic heterocycles. The molecule has 0 atom stereocenters. The number of aryl methyl sites for hydroxylation is 1. The normalized spacial score (nSPS) is 16.7. The summed E-state index contributed by atoms with van der Waals surface area (Å²) < 4.78 is 0. The Morgan fingerprint density at radius 1 is 1.46 bits per heavy atom. The van der Waals surface area contributed by atoms with Crippen LogP contribution in [0.2, 0.25) is 0 Å². The van der Waals surface area contributed by atoms with Gasteiger partial charge < -0.3 is 0 Å². The maximum Gasteiger partial charge on any atom is 0.420 e. The zero-order valence-electron chi connectivity index (χ0n) is 7.66. The second-order valence-electron chi connectivity index (χ2n) is 3.32. The highest BCUT2D eigenvalue weighted by molar-refractivity contribution is 5.86. The van der Waals surface area contributed by atoms with Gasteiger partial charge in [-0.1, -0.05) is 12.1 Å². The number of nitrogens with zero attached hydrogens (tertiary/aromatic N) is 1. The van der Waals surface area contributed by atoms with E-state index in [0.29, 0.717) is 0 Å². The Balaban J connectivity index is 2.29. The van der Waals surface area contributed by atoms with Crippen molar-refractivity contribution >= 4 is 11.7 Å². The Hall–Kier alpha value is -1.35. The van der Waals surface area contributed by atoms with Crippen LogP contribution in [0.3, 0.4) is 0 Å². The summed E-state index contributed by atoms with van der Waals surface area (Å²) in [4.78, 5) is 13.2. The van der Waals surface area contributed by atoms with Gasteiger partial charge in [-0.05, 0) is 24.6 Å². The first-order valence-corrected chi connectivity index (χ1v) is 4.49. The van der Waals surface area contributed by atoms with Gasteiger partial charge in [-0.25, -0.2) is 4.79 Å². The van der Waals surface area contributed by atoms with E-state index in [1.807, 2.05) is 36.1 Å². The van der Waals surface area contributed by atoms with Crippen molar-refractivity contribution in [2.45, 2.75) is 6.92 Å². The van der Waals surface area contributed by atoms with Gasteiger partial charge in [-0.15, -0.1) is 0 Å². The summed E-state index contributed by atoms with van der Waals surface area (Å²) in [6, 6.07) is 8.16. The number of benzene rings is 1. The quantitative estimate of drug-likeness (QED) is 0.666. The fraction of sp³-hybridized carbons (Fsp3) is 0.300. The van der Waals surface area contributed by atoms with E-state index in [0.717, 1.165) is 18.8 Å². The van der Waals surface area contributed by atoms with Gasteiger partial charge in [0, 0.05) is 5.69 Å². The minimum atomic E-state index is 0.130. The predicted octanol–water partition coefficient (Wildman–Crippen LogP) is 0.498. The van der Waals surface area contributed by atoms with Crippen molar-refractivity contribution in [3.05, 3.63) is 29.8 Å². The second-order valence-corrected chi connectivity index (χ2v) is 3.32. The molecule has 1 aliphatic heterocycles. The van der Waals surface area contributed by atoms with Gasteiger partial charge in [0.2, 0.25) is 0 Å². The van der Waals surface area contributed by atoms with Gasteiger partial charge >= 0.3 is 6.03 Å². The van der Waals surface area contributed by atoms with Crippen molar-refractivity contribution in [1.29, 1.82) is 0 Å². The molecule has 1 aromatic rings. The summed E-state index contributed by atoms with van der Waals surface area (Å²) in [7, 11) is 0. The van der Waals surface area contributed by atoms with Crippen LogP contribution < -0.4 is 10.2 Å². The van der Waals surface area contributed by atoms with E-state index in [1.165, 1.54) is 5.56 Å². The molecule has 1 aromatic carbocycles. The van der Waals surface area contributed by atoms with Crippen molar-refractivity contribution < 1.29 is 10.1 Å². The number of hydrogen-bond donors (Lipinski definition) is 1. The van der Waals surface area contributed by atoms with Gasteiger partial charge in [-0.3, -0.25) is 10.2 Å². The average molecular weight is 177 g/mol. The van der Waals surface area contributed by atoms with E-state index in [4.69, 9.17) is 0 Å². The van der Waals surface area contributed by atoms with Crippen LogP contribution in [0.5, 0.6) is 0 Å². The Morgan fingerprint density at radius 3 is 2.92 bits per heavy atom. The third-order valence-electron chi connectivity index (χ3n) is 2.25. The largest absolute Gasteiger partial charge is 0.420 e. The minimum Gasteiger partial charge on any atom is -0.261 e. The number of carbonyl (C=O) groups is 1. The number of carbonyl (C=O) groups excluding carboxylic acids is 1. The van der Waals surface area contributed by atoms with Crippen LogP contribution in [0.25, 0.3) is 0 Å². The number of urea groups is 1. The maximum atomic E-state index is 11.4. The first-order chi connectivity index (χ1) is 6.27. The van der Waals surface area contributed by atoms with E-state index in [-0.39, 0.29) is 6.03 Å². The molecule has 1 fully saturated rings. The molecule has 0 unspecified atom stereocenters. The van der Waals surface area contributed by atoms with Crippen LogP contribution in [0.1, 0.15) is 5.56 Å². The SMILES string of the molecule is Cc1cccc(N2CC[NH2+]C2=O)c1. The third-order valence-corrected chi connectivity index (χ3v) is 2.25. The smallest absolute Gasteiger partial charge is 0.261 e. The number of primary amides is 1. The third kappa shape index (κ3) is 1.55. The Morgan fingerprint density at radius 2 is 2.31 bits per heavy atom. The molecular weight excluding hydrogens is 164 g/mol. The maximum absolute atomic E-state index is 11.4. The highest BCUT2D eigenvalue weighted by Gasteiger charge is 2.25. The number of nitrogens with two attached hydrogens (primary N) is 1. The van der Waals surface area contributed by atoms with E-state index < -0.39 is 0 Å². The lowest BCUT2D eigenvalue weighted by Crippen LogP contribution is -2.85. The van der Waals surface area contributed by atoms with E-state index in [2.05, 4.69) is 0 Å². The molecule has 2 rings (SSSR count). The first-order valence-electron chi connectivity index (χ1n) is 4.49. The Kier molecular flexibility index (Phi) is 2.02. The first kappa shape index (κ1) is 8.26. The van der Waals surface area contributed by atoms with Gasteiger partial charge in [-0.2, -0.15) is 0 Å². The van der Waals surface area contributed by atoms with Crippen molar-refractivity contribution in [3.63, 3.8) is 0 Å². The molecule has 1 saturated heterocycles. The molecule has 3 nitrogen and oxygen atoms in total. The molecule has 13 heavy (non-hydrogen) atoms. The number of quaternary nitrogens is 1. The number of amides is 2. The Labute approximate surface area is 77.4 Å².